The first-order chi connectivity index (χ1) is 15.2. The number of anilines is 2. The van der Waals surface area contributed by atoms with Crippen molar-refractivity contribution in [3.05, 3.63) is 65.2 Å². The summed E-state index contributed by atoms with van der Waals surface area (Å²) in [5.41, 5.74) is 3.78. The minimum Gasteiger partial charge on any atom is -0.301 e. The van der Waals surface area contributed by atoms with Gasteiger partial charge in [0.05, 0.1) is 11.9 Å². The first-order valence-corrected chi connectivity index (χ1v) is 13.7. The van der Waals surface area contributed by atoms with Gasteiger partial charge in [-0.3, -0.25) is 9.10 Å². The van der Waals surface area contributed by atoms with Crippen LogP contribution in [-0.4, -0.2) is 37.3 Å². The molecule has 0 radical (unpaired) electrons. The van der Waals surface area contributed by atoms with Crippen LogP contribution in [0.4, 0.5) is 10.8 Å². The molecule has 0 atom stereocenters. The van der Waals surface area contributed by atoms with Crippen molar-refractivity contribution < 1.29 is 13.2 Å². The van der Waals surface area contributed by atoms with Crippen LogP contribution in [0.1, 0.15) is 29.5 Å². The van der Waals surface area contributed by atoms with E-state index in [1.807, 2.05) is 44.2 Å². The highest BCUT2D eigenvalue weighted by Gasteiger charge is 2.20. The molecule has 0 aliphatic rings. The van der Waals surface area contributed by atoms with Crippen LogP contribution in [0.25, 0.3) is 0 Å². The molecular weight excluding hydrogens is 464 g/mol. The molecule has 0 bridgehead atoms. The largest absolute Gasteiger partial charge is 0.301 e. The molecule has 1 aromatic heterocycles. The third-order valence-electron chi connectivity index (χ3n) is 4.87. The summed E-state index contributed by atoms with van der Waals surface area (Å²) in [6, 6.07) is 15.6. The van der Waals surface area contributed by atoms with Crippen molar-refractivity contribution in [1.82, 2.24) is 10.2 Å². The normalized spacial score (nSPS) is 11.3. The van der Waals surface area contributed by atoms with Gasteiger partial charge in [0.15, 0.2) is 4.34 Å². The Bertz CT molecular complexity index is 1160. The maximum absolute atomic E-state index is 12.3. The molecule has 1 heterocycles. The number of hydrogen-bond acceptors (Lipinski definition) is 7. The SMILES string of the molecule is Cc1cccc(N(CCCC(=O)Nc2nnc(SCc3ccccc3)s2)S(C)(=O)=O)c1C. The van der Waals surface area contributed by atoms with E-state index in [-0.39, 0.29) is 18.9 Å². The summed E-state index contributed by atoms with van der Waals surface area (Å²) in [6.45, 7) is 4.07. The van der Waals surface area contributed by atoms with Crippen LogP contribution in [0.15, 0.2) is 52.9 Å². The first kappa shape index (κ1) is 24.2. The Morgan fingerprint density at radius 3 is 2.56 bits per heavy atom. The van der Waals surface area contributed by atoms with Crippen LogP contribution < -0.4 is 9.62 Å². The van der Waals surface area contributed by atoms with E-state index in [9.17, 15) is 13.2 Å². The van der Waals surface area contributed by atoms with Crippen LogP contribution in [0.2, 0.25) is 0 Å². The molecule has 0 fully saturated rings. The van der Waals surface area contributed by atoms with Gasteiger partial charge in [-0.15, -0.1) is 10.2 Å². The zero-order valence-electron chi connectivity index (χ0n) is 18.2. The minimum absolute atomic E-state index is 0.183. The Balaban J connectivity index is 1.52. The summed E-state index contributed by atoms with van der Waals surface area (Å²) in [6.07, 6.45) is 1.76. The van der Waals surface area contributed by atoms with Crippen LogP contribution in [0, 0.1) is 13.8 Å². The number of benzene rings is 2. The lowest BCUT2D eigenvalue weighted by molar-refractivity contribution is -0.116. The number of carbonyl (C=O) groups excluding carboxylic acids is 1. The van der Waals surface area contributed by atoms with Gasteiger partial charge in [-0.1, -0.05) is 65.6 Å². The Morgan fingerprint density at radius 1 is 1.09 bits per heavy atom. The number of amides is 1. The Kier molecular flexibility index (Phi) is 8.27. The van der Waals surface area contributed by atoms with E-state index in [4.69, 9.17) is 0 Å². The fraction of sp³-hybridized carbons (Fsp3) is 0.318. The van der Waals surface area contributed by atoms with Crippen molar-refractivity contribution in [3.8, 4) is 0 Å². The second-order valence-electron chi connectivity index (χ2n) is 7.35. The van der Waals surface area contributed by atoms with Gasteiger partial charge in [0.2, 0.25) is 21.1 Å². The topological polar surface area (TPSA) is 92.3 Å². The smallest absolute Gasteiger partial charge is 0.232 e. The molecule has 0 saturated carbocycles. The van der Waals surface area contributed by atoms with Crippen LogP contribution in [0.5, 0.6) is 0 Å². The summed E-state index contributed by atoms with van der Waals surface area (Å²) in [5.74, 6) is 0.568. The number of rotatable bonds is 10. The van der Waals surface area contributed by atoms with E-state index in [0.717, 1.165) is 21.2 Å². The van der Waals surface area contributed by atoms with E-state index in [1.165, 1.54) is 27.5 Å². The lowest BCUT2D eigenvalue weighted by Gasteiger charge is -2.24. The van der Waals surface area contributed by atoms with Crippen molar-refractivity contribution >= 4 is 49.8 Å². The number of aromatic nitrogens is 2. The molecule has 7 nitrogen and oxygen atoms in total. The highest BCUT2D eigenvalue weighted by molar-refractivity contribution is 8.00. The third-order valence-corrected chi connectivity index (χ3v) is 8.09. The van der Waals surface area contributed by atoms with Crippen molar-refractivity contribution in [2.24, 2.45) is 0 Å². The average Bonchev–Trinajstić information content (AvgIpc) is 3.19. The molecule has 2 aromatic carbocycles. The van der Waals surface area contributed by atoms with Crippen molar-refractivity contribution in [2.45, 2.75) is 36.8 Å². The number of sulfonamides is 1. The van der Waals surface area contributed by atoms with Crippen LogP contribution in [-0.2, 0) is 20.6 Å². The van der Waals surface area contributed by atoms with Gasteiger partial charge in [0.25, 0.3) is 0 Å². The molecule has 10 heteroatoms. The lowest BCUT2D eigenvalue weighted by atomic mass is 10.1. The van der Waals surface area contributed by atoms with Gasteiger partial charge in [0, 0.05) is 18.7 Å². The molecular formula is C22H26N4O3S3. The minimum atomic E-state index is -3.46. The molecule has 3 rings (SSSR count). The van der Waals surface area contributed by atoms with E-state index in [1.54, 1.807) is 17.8 Å². The van der Waals surface area contributed by atoms with Gasteiger partial charge >= 0.3 is 0 Å². The monoisotopic (exact) mass is 490 g/mol. The molecule has 0 aliphatic heterocycles. The molecule has 1 amide bonds. The summed E-state index contributed by atoms with van der Waals surface area (Å²) >= 11 is 2.89. The Morgan fingerprint density at radius 2 is 1.84 bits per heavy atom. The van der Waals surface area contributed by atoms with Gasteiger partial charge < -0.3 is 5.32 Å². The summed E-state index contributed by atoms with van der Waals surface area (Å²) in [5, 5.41) is 11.3. The summed E-state index contributed by atoms with van der Waals surface area (Å²) in [4.78, 5) is 12.3. The molecule has 170 valence electrons. The maximum Gasteiger partial charge on any atom is 0.232 e. The molecule has 0 aliphatic carbocycles. The van der Waals surface area contributed by atoms with E-state index in [2.05, 4.69) is 27.6 Å². The molecule has 32 heavy (non-hydrogen) atoms. The second-order valence-corrected chi connectivity index (χ2v) is 11.5. The van der Waals surface area contributed by atoms with Gasteiger partial charge in [-0.2, -0.15) is 0 Å². The van der Waals surface area contributed by atoms with Gasteiger partial charge in [-0.25, -0.2) is 8.42 Å². The first-order valence-electron chi connectivity index (χ1n) is 10.1. The molecule has 0 saturated heterocycles. The number of thioether (sulfide) groups is 1. The number of nitrogens with one attached hydrogen (secondary N) is 1. The fourth-order valence-corrected chi connectivity index (χ4v) is 5.81. The van der Waals surface area contributed by atoms with Crippen molar-refractivity contribution in [2.75, 3.05) is 22.4 Å². The van der Waals surface area contributed by atoms with Crippen LogP contribution in [0.3, 0.4) is 0 Å². The predicted octanol–water partition coefficient (Wildman–Crippen LogP) is 4.63. The number of carbonyl (C=O) groups is 1. The van der Waals surface area contributed by atoms with Crippen LogP contribution >= 0.6 is 23.1 Å². The fourth-order valence-electron chi connectivity index (χ4n) is 3.07. The lowest BCUT2D eigenvalue weighted by Crippen LogP contribution is -2.32. The number of nitrogens with zero attached hydrogens (tertiary/aromatic N) is 3. The van der Waals surface area contributed by atoms with E-state index in [0.29, 0.717) is 17.2 Å². The maximum atomic E-state index is 12.3. The van der Waals surface area contributed by atoms with Crippen molar-refractivity contribution in [1.29, 1.82) is 0 Å². The van der Waals surface area contributed by atoms with Gasteiger partial charge in [0.1, 0.15) is 0 Å². The number of hydrogen-bond donors (Lipinski definition) is 1. The summed E-state index contributed by atoms with van der Waals surface area (Å²) in [7, 11) is -3.46. The standard InChI is InChI=1S/C22H26N4O3S3/c1-16-9-7-12-19(17(16)2)26(32(3,28)29)14-8-13-20(27)23-21-24-25-22(31-21)30-15-18-10-5-4-6-11-18/h4-7,9-12H,8,13-15H2,1-3H3,(H,23,24,27). The molecule has 0 spiro atoms. The number of aryl methyl sites for hydroxylation is 1. The van der Waals surface area contributed by atoms with E-state index >= 15 is 0 Å². The molecule has 0 unspecified atom stereocenters. The quantitative estimate of drug-likeness (QED) is 0.329. The average molecular weight is 491 g/mol. The van der Waals surface area contributed by atoms with E-state index < -0.39 is 10.0 Å². The highest BCUT2D eigenvalue weighted by Crippen LogP contribution is 2.28. The third kappa shape index (κ3) is 6.78. The predicted molar refractivity (Wildman–Crippen MR) is 132 cm³/mol. The second kappa shape index (κ2) is 10.9. The molecule has 3 aromatic rings. The highest BCUT2D eigenvalue weighted by atomic mass is 32.2. The van der Waals surface area contributed by atoms with Gasteiger partial charge in [-0.05, 0) is 43.0 Å². The summed E-state index contributed by atoms with van der Waals surface area (Å²) < 4.78 is 26.8. The Labute approximate surface area is 197 Å². The zero-order chi connectivity index (χ0) is 23.1. The van der Waals surface area contributed by atoms with Crippen molar-refractivity contribution in [3.63, 3.8) is 0 Å². The Hall–Kier alpha value is -2.43. The zero-order valence-corrected chi connectivity index (χ0v) is 20.7. The molecule has 1 N–H and O–H groups in total.